The average Bonchev–Trinajstić information content (AvgIpc) is 2.52. The van der Waals surface area contributed by atoms with E-state index < -0.39 is 0 Å². The number of amides is 2. The lowest BCUT2D eigenvalue weighted by molar-refractivity contribution is -0.120. The number of carbonyl (C=O) groups is 2. The van der Waals surface area contributed by atoms with Crippen molar-refractivity contribution in [1.82, 2.24) is 15.5 Å². The van der Waals surface area contributed by atoms with E-state index in [-0.39, 0.29) is 18.4 Å². The van der Waals surface area contributed by atoms with Gasteiger partial charge >= 0.3 is 0 Å². The molecular weight excluding hydrogens is 294 g/mol. The number of benzene rings is 1. The number of hydrogen-bond acceptors (Lipinski definition) is 4. The molecule has 1 heterocycles. The molecule has 0 radical (unpaired) electrons. The number of morpholine rings is 1. The lowest BCUT2D eigenvalue weighted by atomic mass is 10.1. The van der Waals surface area contributed by atoms with Crippen LogP contribution in [-0.2, 0) is 9.53 Å². The van der Waals surface area contributed by atoms with Crippen LogP contribution in [-0.4, -0.2) is 62.7 Å². The van der Waals surface area contributed by atoms with Crippen LogP contribution in [0.15, 0.2) is 18.2 Å². The largest absolute Gasteiger partial charge is 0.379 e. The van der Waals surface area contributed by atoms with Gasteiger partial charge in [0.25, 0.3) is 5.91 Å². The van der Waals surface area contributed by atoms with Gasteiger partial charge < -0.3 is 15.4 Å². The molecule has 0 unspecified atom stereocenters. The molecule has 1 aliphatic heterocycles. The zero-order chi connectivity index (χ0) is 16.7. The van der Waals surface area contributed by atoms with Gasteiger partial charge in [-0.25, -0.2) is 0 Å². The summed E-state index contributed by atoms with van der Waals surface area (Å²) in [6, 6.07) is 5.65. The molecule has 0 atom stereocenters. The second-order valence-corrected chi connectivity index (χ2v) is 5.86. The van der Waals surface area contributed by atoms with Gasteiger partial charge in [-0.3, -0.25) is 14.5 Å². The van der Waals surface area contributed by atoms with E-state index in [1.807, 2.05) is 32.0 Å². The van der Waals surface area contributed by atoms with Crippen molar-refractivity contribution >= 4 is 11.8 Å². The smallest absolute Gasteiger partial charge is 0.251 e. The molecule has 1 fully saturated rings. The number of ether oxygens (including phenoxy) is 1. The van der Waals surface area contributed by atoms with E-state index in [1.165, 1.54) is 0 Å². The number of nitrogens with one attached hydrogen (secondary N) is 2. The Hall–Kier alpha value is -1.92. The van der Waals surface area contributed by atoms with Crippen molar-refractivity contribution < 1.29 is 14.3 Å². The molecule has 0 aliphatic carbocycles. The van der Waals surface area contributed by atoms with Crippen LogP contribution in [0.4, 0.5) is 0 Å². The molecule has 0 aromatic heterocycles. The molecule has 2 N–H and O–H groups in total. The highest BCUT2D eigenvalue weighted by atomic mass is 16.5. The van der Waals surface area contributed by atoms with Crippen molar-refractivity contribution in [3.8, 4) is 0 Å². The van der Waals surface area contributed by atoms with Gasteiger partial charge in [-0.15, -0.1) is 0 Å². The molecule has 0 saturated carbocycles. The third-order valence-electron chi connectivity index (χ3n) is 3.75. The van der Waals surface area contributed by atoms with E-state index in [1.54, 1.807) is 0 Å². The molecular formula is C17H25N3O3. The van der Waals surface area contributed by atoms with Crippen LogP contribution >= 0.6 is 0 Å². The third-order valence-corrected chi connectivity index (χ3v) is 3.75. The first-order chi connectivity index (χ1) is 11.0. The minimum atomic E-state index is -0.222. The molecule has 0 bridgehead atoms. The second kappa shape index (κ2) is 8.64. The molecule has 2 amide bonds. The summed E-state index contributed by atoms with van der Waals surface area (Å²) in [4.78, 5) is 26.1. The van der Waals surface area contributed by atoms with Crippen molar-refractivity contribution in [3.63, 3.8) is 0 Å². The first-order valence-electron chi connectivity index (χ1n) is 7.98. The summed E-state index contributed by atoms with van der Waals surface area (Å²) in [6.45, 7) is 8.58. The molecule has 6 nitrogen and oxygen atoms in total. The Bertz CT molecular complexity index is 534. The average molecular weight is 319 g/mol. The number of hydrogen-bond donors (Lipinski definition) is 2. The van der Waals surface area contributed by atoms with E-state index in [2.05, 4.69) is 15.5 Å². The van der Waals surface area contributed by atoms with E-state index in [0.717, 1.165) is 44.0 Å². The number of carbonyl (C=O) groups excluding carboxylic acids is 2. The molecule has 23 heavy (non-hydrogen) atoms. The Balaban J connectivity index is 1.68. The summed E-state index contributed by atoms with van der Waals surface area (Å²) < 4.78 is 5.27. The first-order valence-corrected chi connectivity index (χ1v) is 7.98. The zero-order valence-corrected chi connectivity index (χ0v) is 13.9. The SMILES string of the molecule is Cc1cc(C)cc(C(=O)NCC(=O)NCCN2CCOCC2)c1. The fraction of sp³-hybridized carbons (Fsp3) is 0.529. The third kappa shape index (κ3) is 6.00. The van der Waals surface area contributed by atoms with E-state index >= 15 is 0 Å². The van der Waals surface area contributed by atoms with Crippen molar-refractivity contribution in [2.45, 2.75) is 13.8 Å². The summed E-state index contributed by atoms with van der Waals surface area (Å²) in [5, 5.41) is 5.48. The molecule has 1 aromatic carbocycles. The number of nitrogens with zero attached hydrogens (tertiary/aromatic N) is 1. The fourth-order valence-electron chi connectivity index (χ4n) is 2.61. The molecule has 126 valence electrons. The summed E-state index contributed by atoms with van der Waals surface area (Å²) >= 11 is 0. The van der Waals surface area contributed by atoms with Crippen LogP contribution in [0.1, 0.15) is 21.5 Å². The van der Waals surface area contributed by atoms with Crippen LogP contribution < -0.4 is 10.6 Å². The molecule has 1 aliphatic rings. The van der Waals surface area contributed by atoms with Crippen LogP contribution in [0, 0.1) is 13.8 Å². The summed E-state index contributed by atoms with van der Waals surface area (Å²) in [5.41, 5.74) is 2.65. The van der Waals surface area contributed by atoms with Gasteiger partial charge in [-0.1, -0.05) is 17.2 Å². The molecule has 0 spiro atoms. The lowest BCUT2D eigenvalue weighted by Crippen LogP contribution is -2.43. The Morgan fingerprint density at radius 1 is 1.09 bits per heavy atom. The van der Waals surface area contributed by atoms with E-state index in [4.69, 9.17) is 4.74 Å². The van der Waals surface area contributed by atoms with Gasteiger partial charge in [0.15, 0.2) is 0 Å². The van der Waals surface area contributed by atoms with Crippen LogP contribution in [0.3, 0.4) is 0 Å². The Morgan fingerprint density at radius 3 is 2.39 bits per heavy atom. The summed E-state index contributed by atoms with van der Waals surface area (Å²) in [7, 11) is 0. The van der Waals surface area contributed by atoms with Gasteiger partial charge in [-0.2, -0.15) is 0 Å². The fourth-order valence-corrected chi connectivity index (χ4v) is 2.61. The van der Waals surface area contributed by atoms with Crippen molar-refractivity contribution in [3.05, 3.63) is 34.9 Å². The maximum Gasteiger partial charge on any atom is 0.251 e. The highest BCUT2D eigenvalue weighted by molar-refractivity contribution is 5.96. The predicted molar refractivity (Wildman–Crippen MR) is 88.5 cm³/mol. The Labute approximate surface area is 137 Å². The normalized spacial score (nSPS) is 15.2. The molecule has 2 rings (SSSR count). The summed E-state index contributed by atoms with van der Waals surface area (Å²) in [5.74, 6) is -0.392. The van der Waals surface area contributed by atoms with Crippen molar-refractivity contribution in [2.24, 2.45) is 0 Å². The summed E-state index contributed by atoms with van der Waals surface area (Å²) in [6.07, 6.45) is 0. The van der Waals surface area contributed by atoms with Gasteiger partial charge in [0, 0.05) is 31.7 Å². The van der Waals surface area contributed by atoms with Gasteiger partial charge in [-0.05, 0) is 26.0 Å². The lowest BCUT2D eigenvalue weighted by Gasteiger charge is -2.26. The van der Waals surface area contributed by atoms with Crippen LogP contribution in [0.2, 0.25) is 0 Å². The minimum absolute atomic E-state index is 0.00503. The maximum atomic E-state index is 12.1. The predicted octanol–water partition coefficient (Wildman–Crippen LogP) is 0.482. The standard InChI is InChI=1S/C17H25N3O3/c1-13-9-14(2)11-15(10-13)17(22)19-12-16(21)18-3-4-20-5-7-23-8-6-20/h9-11H,3-8,12H2,1-2H3,(H,18,21)(H,19,22). The monoisotopic (exact) mass is 319 g/mol. The van der Waals surface area contributed by atoms with Crippen molar-refractivity contribution in [1.29, 1.82) is 0 Å². The topological polar surface area (TPSA) is 70.7 Å². The van der Waals surface area contributed by atoms with Gasteiger partial charge in [0.1, 0.15) is 0 Å². The number of aryl methyl sites for hydroxylation is 2. The Kier molecular flexibility index (Phi) is 6.55. The minimum Gasteiger partial charge on any atom is -0.379 e. The number of rotatable bonds is 6. The second-order valence-electron chi connectivity index (χ2n) is 5.86. The first kappa shape index (κ1) is 17.4. The van der Waals surface area contributed by atoms with E-state index in [9.17, 15) is 9.59 Å². The molecule has 6 heteroatoms. The van der Waals surface area contributed by atoms with Crippen molar-refractivity contribution in [2.75, 3.05) is 45.9 Å². The van der Waals surface area contributed by atoms with Gasteiger partial charge in [0.05, 0.1) is 19.8 Å². The maximum absolute atomic E-state index is 12.1. The van der Waals surface area contributed by atoms with Crippen LogP contribution in [0.25, 0.3) is 0 Å². The molecule has 1 saturated heterocycles. The van der Waals surface area contributed by atoms with E-state index in [0.29, 0.717) is 12.1 Å². The van der Waals surface area contributed by atoms with Gasteiger partial charge in [0.2, 0.25) is 5.91 Å². The van der Waals surface area contributed by atoms with Crippen LogP contribution in [0.5, 0.6) is 0 Å². The molecule has 1 aromatic rings. The quantitative estimate of drug-likeness (QED) is 0.800. The highest BCUT2D eigenvalue weighted by Crippen LogP contribution is 2.08. The highest BCUT2D eigenvalue weighted by Gasteiger charge is 2.11. The Morgan fingerprint density at radius 2 is 1.74 bits per heavy atom. The zero-order valence-electron chi connectivity index (χ0n) is 13.9.